The summed E-state index contributed by atoms with van der Waals surface area (Å²) in [7, 11) is 0. The van der Waals surface area contributed by atoms with E-state index in [0.29, 0.717) is 23.4 Å². The average Bonchev–Trinajstić information content (AvgIpc) is 3.28. The summed E-state index contributed by atoms with van der Waals surface area (Å²) >= 11 is 0. The Morgan fingerprint density at radius 2 is 2.00 bits per heavy atom. The predicted molar refractivity (Wildman–Crippen MR) is 113 cm³/mol. The number of nitrogens with zero attached hydrogens (tertiary/aromatic N) is 4. The Morgan fingerprint density at radius 3 is 2.77 bits per heavy atom. The van der Waals surface area contributed by atoms with Crippen LogP contribution in [0.25, 0.3) is 5.69 Å². The number of carbonyl (C=O) groups is 1. The molecule has 3 aromatic rings. The number of hydrogen-bond donors (Lipinski definition) is 1. The lowest BCUT2D eigenvalue weighted by Crippen LogP contribution is -2.45. The smallest absolute Gasteiger partial charge is 0.256 e. The topological polar surface area (TPSA) is 83.9 Å². The summed E-state index contributed by atoms with van der Waals surface area (Å²) in [5.74, 6) is 6.14. The van der Waals surface area contributed by atoms with Crippen molar-refractivity contribution in [3.8, 4) is 17.5 Å². The molecule has 0 aliphatic carbocycles. The lowest BCUT2D eigenvalue weighted by atomic mass is 9.92. The van der Waals surface area contributed by atoms with Gasteiger partial charge in [-0.25, -0.2) is 0 Å². The highest BCUT2D eigenvalue weighted by Gasteiger charge is 2.30. The van der Waals surface area contributed by atoms with Crippen LogP contribution in [0.2, 0.25) is 0 Å². The number of benzene rings is 1. The third-order valence-electron chi connectivity index (χ3n) is 5.39. The van der Waals surface area contributed by atoms with Crippen molar-refractivity contribution in [3.63, 3.8) is 0 Å². The molecule has 0 saturated carbocycles. The van der Waals surface area contributed by atoms with Crippen LogP contribution in [-0.2, 0) is 0 Å². The van der Waals surface area contributed by atoms with Crippen LogP contribution in [0, 0.1) is 24.7 Å². The minimum Gasteiger partial charge on any atom is -0.366 e. The molecule has 0 spiro atoms. The number of aryl methyl sites for hydroxylation is 1. The van der Waals surface area contributed by atoms with Crippen LogP contribution in [-0.4, -0.2) is 43.4 Å². The molecule has 3 heterocycles. The molecule has 7 heteroatoms. The van der Waals surface area contributed by atoms with E-state index in [4.69, 9.17) is 0 Å². The third kappa shape index (κ3) is 4.03. The van der Waals surface area contributed by atoms with E-state index >= 15 is 0 Å². The average molecular weight is 401 g/mol. The maximum absolute atomic E-state index is 13.5. The molecule has 7 nitrogen and oxygen atoms in total. The monoisotopic (exact) mass is 401 g/mol. The number of aromatic nitrogens is 4. The molecule has 30 heavy (non-hydrogen) atoms. The Bertz CT molecular complexity index is 1170. The molecule has 1 saturated heterocycles. The highest BCUT2D eigenvalue weighted by molar-refractivity contribution is 5.98. The van der Waals surface area contributed by atoms with Crippen molar-refractivity contribution < 1.29 is 4.79 Å². The molecule has 152 valence electrons. The van der Waals surface area contributed by atoms with E-state index < -0.39 is 0 Å². The third-order valence-corrected chi connectivity index (χ3v) is 5.39. The minimum atomic E-state index is -0.102. The number of rotatable bonds is 2. The van der Waals surface area contributed by atoms with Crippen molar-refractivity contribution in [3.05, 3.63) is 76.0 Å². The summed E-state index contributed by atoms with van der Waals surface area (Å²) in [4.78, 5) is 31.6. The molecule has 1 aromatic carbocycles. The molecular formula is C23H23N5O2. The van der Waals surface area contributed by atoms with Gasteiger partial charge in [0.2, 0.25) is 0 Å². The summed E-state index contributed by atoms with van der Waals surface area (Å²) in [6.45, 7) is 4.55. The number of pyridine rings is 1. The number of carbonyl (C=O) groups excluding carboxylic acids is 1. The Balaban J connectivity index is 1.61. The Hall–Kier alpha value is -3.66. The molecule has 1 N–H and O–H groups in total. The first-order chi connectivity index (χ1) is 14.5. The normalized spacial score (nSPS) is 18.5. The Labute approximate surface area is 174 Å². The fourth-order valence-corrected chi connectivity index (χ4v) is 3.69. The van der Waals surface area contributed by atoms with Crippen molar-refractivity contribution in [2.45, 2.75) is 32.7 Å². The minimum absolute atomic E-state index is 0.0147. The van der Waals surface area contributed by atoms with Crippen LogP contribution in [0.3, 0.4) is 0 Å². The molecule has 2 atom stereocenters. The van der Waals surface area contributed by atoms with Crippen molar-refractivity contribution in [2.75, 3.05) is 6.54 Å². The van der Waals surface area contributed by atoms with Crippen LogP contribution in [0.4, 0.5) is 0 Å². The zero-order chi connectivity index (χ0) is 21.1. The molecule has 1 fully saturated rings. The van der Waals surface area contributed by atoms with Crippen LogP contribution in [0.1, 0.15) is 41.3 Å². The van der Waals surface area contributed by atoms with E-state index in [9.17, 15) is 9.59 Å². The first-order valence-corrected chi connectivity index (χ1v) is 10.00. The second-order valence-electron chi connectivity index (χ2n) is 7.61. The summed E-state index contributed by atoms with van der Waals surface area (Å²) in [6, 6.07) is 7.27. The van der Waals surface area contributed by atoms with Gasteiger partial charge in [-0.2, -0.15) is 15.0 Å². The lowest BCUT2D eigenvalue weighted by molar-refractivity contribution is 0.0598. The zero-order valence-corrected chi connectivity index (χ0v) is 17.0. The van der Waals surface area contributed by atoms with Gasteiger partial charge >= 0.3 is 0 Å². The number of nitrogens with one attached hydrogen (secondary N) is 1. The quantitative estimate of drug-likeness (QED) is 0.669. The van der Waals surface area contributed by atoms with Crippen molar-refractivity contribution in [1.29, 1.82) is 0 Å². The summed E-state index contributed by atoms with van der Waals surface area (Å²) in [6.07, 6.45) is 8.13. The van der Waals surface area contributed by atoms with Gasteiger partial charge < -0.3 is 9.88 Å². The van der Waals surface area contributed by atoms with E-state index in [2.05, 4.69) is 33.9 Å². The van der Waals surface area contributed by atoms with Crippen LogP contribution in [0.15, 0.2) is 53.8 Å². The van der Waals surface area contributed by atoms with Crippen LogP contribution >= 0.6 is 0 Å². The summed E-state index contributed by atoms with van der Waals surface area (Å²) < 4.78 is 0. The van der Waals surface area contributed by atoms with Crippen molar-refractivity contribution in [2.24, 2.45) is 5.92 Å². The van der Waals surface area contributed by atoms with Gasteiger partial charge in [0, 0.05) is 37.0 Å². The van der Waals surface area contributed by atoms with Gasteiger partial charge in [-0.3, -0.25) is 9.59 Å². The SMILES string of the molecule is Cc1ccc(-n2nccn2)c(C(=O)N2C[C@H](C#Cc3c[nH]ccc3=O)CC[C@H]2C)c1. The zero-order valence-electron chi connectivity index (χ0n) is 17.0. The molecule has 1 amide bonds. The molecule has 0 unspecified atom stereocenters. The van der Waals surface area contributed by atoms with Gasteiger partial charge in [-0.05, 0) is 38.8 Å². The molecule has 4 rings (SSSR count). The van der Waals surface area contributed by atoms with E-state index in [1.165, 1.54) is 10.9 Å². The lowest BCUT2D eigenvalue weighted by Gasteiger charge is -2.36. The second kappa shape index (κ2) is 8.37. The van der Waals surface area contributed by atoms with Gasteiger partial charge in [0.1, 0.15) is 0 Å². The molecule has 0 radical (unpaired) electrons. The van der Waals surface area contributed by atoms with Gasteiger partial charge in [0.15, 0.2) is 5.43 Å². The highest BCUT2D eigenvalue weighted by atomic mass is 16.2. The number of likely N-dealkylation sites (tertiary alicyclic amines) is 1. The van der Waals surface area contributed by atoms with Gasteiger partial charge in [-0.1, -0.05) is 23.5 Å². The number of amides is 1. The number of aromatic amines is 1. The Morgan fingerprint density at radius 1 is 1.20 bits per heavy atom. The Kier molecular flexibility index (Phi) is 5.48. The first kappa shape index (κ1) is 19.6. The fourth-order valence-electron chi connectivity index (χ4n) is 3.69. The van der Waals surface area contributed by atoms with E-state index in [-0.39, 0.29) is 23.3 Å². The maximum atomic E-state index is 13.5. The fraction of sp³-hybridized carbons (Fsp3) is 0.304. The van der Waals surface area contributed by atoms with Gasteiger partial charge in [-0.15, -0.1) is 0 Å². The van der Waals surface area contributed by atoms with Crippen LogP contribution in [0.5, 0.6) is 0 Å². The van der Waals surface area contributed by atoms with E-state index in [1.807, 2.05) is 30.0 Å². The second-order valence-corrected chi connectivity index (χ2v) is 7.61. The van der Waals surface area contributed by atoms with Gasteiger partial charge in [0.25, 0.3) is 5.91 Å². The molecule has 0 bridgehead atoms. The molecule has 2 aromatic heterocycles. The van der Waals surface area contributed by atoms with Crippen LogP contribution < -0.4 is 5.43 Å². The molecule has 1 aliphatic heterocycles. The standard InChI is InChI=1S/C23H23N5O2/c1-16-3-8-21(28-25-11-12-26-28)20(13-16)23(30)27-15-18(5-4-17(27)2)6-7-19-14-24-10-9-22(19)29/h3,8-14,17-18H,4-5,15H2,1-2H3,(H,24,29)/t17-,18+/m1/s1. The largest absolute Gasteiger partial charge is 0.366 e. The predicted octanol–water partition coefficient (Wildman–Crippen LogP) is 2.56. The number of H-pyrrole nitrogens is 1. The molecule has 1 aliphatic rings. The van der Waals surface area contributed by atoms with Crippen molar-refractivity contribution in [1.82, 2.24) is 24.9 Å². The van der Waals surface area contributed by atoms with E-state index in [1.54, 1.807) is 24.8 Å². The number of hydrogen-bond acceptors (Lipinski definition) is 4. The highest BCUT2D eigenvalue weighted by Crippen LogP contribution is 2.26. The maximum Gasteiger partial charge on any atom is 0.256 e. The summed E-state index contributed by atoms with van der Waals surface area (Å²) in [5.41, 5.74) is 2.57. The first-order valence-electron chi connectivity index (χ1n) is 10.00. The van der Waals surface area contributed by atoms with Gasteiger partial charge in [0.05, 0.1) is 29.2 Å². The molecular weight excluding hydrogens is 378 g/mol. The summed E-state index contributed by atoms with van der Waals surface area (Å²) in [5, 5.41) is 8.38. The van der Waals surface area contributed by atoms with E-state index in [0.717, 1.165) is 18.4 Å². The van der Waals surface area contributed by atoms with Crippen molar-refractivity contribution >= 4 is 5.91 Å². The number of piperidine rings is 1.